The van der Waals surface area contributed by atoms with Crippen molar-refractivity contribution in [2.24, 2.45) is 17.6 Å². The van der Waals surface area contributed by atoms with Gasteiger partial charge in [-0.1, -0.05) is 19.8 Å². The monoisotopic (exact) mass is 282 g/mol. The van der Waals surface area contributed by atoms with Crippen LogP contribution in [0, 0.1) is 11.8 Å². The number of pyridine rings is 1. The highest BCUT2D eigenvalue weighted by atomic mass is 79.9. The van der Waals surface area contributed by atoms with E-state index in [-0.39, 0.29) is 6.04 Å². The molecular weight excluding hydrogens is 264 g/mol. The molecule has 0 saturated heterocycles. The van der Waals surface area contributed by atoms with Gasteiger partial charge in [-0.15, -0.1) is 0 Å². The van der Waals surface area contributed by atoms with Crippen molar-refractivity contribution < 1.29 is 0 Å². The second-order valence-corrected chi connectivity index (χ2v) is 5.82. The Kier molecular flexibility index (Phi) is 3.98. The summed E-state index contributed by atoms with van der Waals surface area (Å²) in [5.41, 5.74) is 7.39. The van der Waals surface area contributed by atoms with Crippen LogP contribution in [-0.4, -0.2) is 11.0 Å². The molecular formula is C13H19BrN2. The molecule has 3 heteroatoms. The SMILES string of the molecule is CC1CCCC1C(N)Cc1ccc(Br)cn1. The third-order valence-corrected chi connectivity index (χ3v) is 4.18. The zero-order valence-corrected chi connectivity index (χ0v) is 11.3. The predicted octanol–water partition coefficient (Wildman–Crippen LogP) is 3.15. The lowest BCUT2D eigenvalue weighted by Gasteiger charge is -2.22. The maximum absolute atomic E-state index is 6.29. The van der Waals surface area contributed by atoms with Crippen LogP contribution in [0.4, 0.5) is 0 Å². The van der Waals surface area contributed by atoms with E-state index in [0.29, 0.717) is 5.92 Å². The first-order valence-electron chi connectivity index (χ1n) is 6.03. The number of hydrogen-bond donors (Lipinski definition) is 1. The molecule has 1 aliphatic carbocycles. The van der Waals surface area contributed by atoms with Crippen molar-refractivity contribution in [3.05, 3.63) is 28.5 Å². The van der Waals surface area contributed by atoms with Gasteiger partial charge < -0.3 is 5.73 Å². The molecule has 0 bridgehead atoms. The molecule has 1 fully saturated rings. The number of nitrogens with two attached hydrogens (primary N) is 1. The van der Waals surface area contributed by atoms with Crippen LogP contribution in [0.25, 0.3) is 0 Å². The Bertz CT molecular complexity index is 336. The minimum atomic E-state index is 0.270. The van der Waals surface area contributed by atoms with Gasteiger partial charge in [-0.25, -0.2) is 0 Å². The molecule has 0 radical (unpaired) electrons. The Hall–Kier alpha value is -0.410. The van der Waals surface area contributed by atoms with Crippen molar-refractivity contribution in [1.82, 2.24) is 4.98 Å². The van der Waals surface area contributed by atoms with E-state index in [4.69, 9.17) is 5.73 Å². The maximum Gasteiger partial charge on any atom is 0.0420 e. The summed E-state index contributed by atoms with van der Waals surface area (Å²) in [6.45, 7) is 2.33. The first-order valence-corrected chi connectivity index (χ1v) is 6.82. The molecule has 88 valence electrons. The molecule has 2 N–H and O–H groups in total. The van der Waals surface area contributed by atoms with E-state index >= 15 is 0 Å². The zero-order valence-electron chi connectivity index (χ0n) is 9.70. The van der Waals surface area contributed by atoms with E-state index in [0.717, 1.165) is 22.5 Å². The van der Waals surface area contributed by atoms with Gasteiger partial charge in [-0.3, -0.25) is 4.98 Å². The quantitative estimate of drug-likeness (QED) is 0.925. The lowest BCUT2D eigenvalue weighted by atomic mass is 9.88. The number of hydrogen-bond acceptors (Lipinski definition) is 2. The molecule has 1 aromatic rings. The third kappa shape index (κ3) is 2.83. The van der Waals surface area contributed by atoms with Crippen molar-refractivity contribution in [1.29, 1.82) is 0 Å². The van der Waals surface area contributed by atoms with Crippen LogP contribution in [0.15, 0.2) is 22.8 Å². The second kappa shape index (κ2) is 5.28. The molecule has 1 saturated carbocycles. The molecule has 2 nitrogen and oxygen atoms in total. The van der Waals surface area contributed by atoms with Gasteiger partial charge in [0.15, 0.2) is 0 Å². The third-order valence-electron chi connectivity index (χ3n) is 3.71. The number of halogens is 1. The summed E-state index contributed by atoms with van der Waals surface area (Å²) in [4.78, 5) is 4.39. The highest BCUT2D eigenvalue weighted by Gasteiger charge is 2.28. The molecule has 2 rings (SSSR count). The van der Waals surface area contributed by atoms with Crippen LogP contribution in [0.1, 0.15) is 31.9 Å². The largest absolute Gasteiger partial charge is 0.327 e. The fraction of sp³-hybridized carbons (Fsp3) is 0.615. The molecule has 0 spiro atoms. The highest BCUT2D eigenvalue weighted by Crippen LogP contribution is 2.33. The molecule has 1 heterocycles. The number of nitrogens with zero attached hydrogens (tertiary/aromatic N) is 1. The number of aromatic nitrogens is 1. The average Bonchev–Trinajstić information content (AvgIpc) is 2.68. The summed E-state index contributed by atoms with van der Waals surface area (Å²) in [6.07, 6.45) is 6.72. The molecule has 0 aliphatic heterocycles. The average molecular weight is 283 g/mol. The normalized spacial score (nSPS) is 26.9. The van der Waals surface area contributed by atoms with E-state index in [1.165, 1.54) is 19.3 Å². The van der Waals surface area contributed by atoms with E-state index in [1.54, 1.807) is 0 Å². The smallest absolute Gasteiger partial charge is 0.0420 e. The topological polar surface area (TPSA) is 38.9 Å². The van der Waals surface area contributed by atoms with E-state index in [9.17, 15) is 0 Å². The van der Waals surface area contributed by atoms with Gasteiger partial charge in [0.25, 0.3) is 0 Å². The zero-order chi connectivity index (χ0) is 11.5. The van der Waals surface area contributed by atoms with Crippen molar-refractivity contribution in [2.45, 2.75) is 38.6 Å². The fourth-order valence-corrected chi connectivity index (χ4v) is 2.96. The van der Waals surface area contributed by atoms with E-state index in [1.807, 2.05) is 12.3 Å². The lowest BCUT2D eigenvalue weighted by molar-refractivity contribution is 0.342. The van der Waals surface area contributed by atoms with E-state index in [2.05, 4.69) is 33.9 Å². The van der Waals surface area contributed by atoms with Gasteiger partial charge in [0.2, 0.25) is 0 Å². The van der Waals surface area contributed by atoms with Crippen LogP contribution >= 0.6 is 15.9 Å². The van der Waals surface area contributed by atoms with Gasteiger partial charge in [0, 0.05) is 28.8 Å². The van der Waals surface area contributed by atoms with Gasteiger partial charge in [-0.05, 0) is 46.3 Å². The minimum absolute atomic E-state index is 0.270. The van der Waals surface area contributed by atoms with Crippen molar-refractivity contribution in [2.75, 3.05) is 0 Å². The summed E-state index contributed by atoms with van der Waals surface area (Å²) in [6, 6.07) is 4.36. The Morgan fingerprint density at radius 1 is 1.50 bits per heavy atom. The summed E-state index contributed by atoms with van der Waals surface area (Å²) in [7, 11) is 0. The van der Waals surface area contributed by atoms with Gasteiger partial charge in [-0.2, -0.15) is 0 Å². The van der Waals surface area contributed by atoms with Crippen LogP contribution in [-0.2, 0) is 6.42 Å². The summed E-state index contributed by atoms with van der Waals surface area (Å²) in [5.74, 6) is 1.47. The van der Waals surface area contributed by atoms with Crippen molar-refractivity contribution >= 4 is 15.9 Å². The first-order chi connectivity index (χ1) is 7.66. The van der Waals surface area contributed by atoms with Gasteiger partial charge >= 0.3 is 0 Å². The molecule has 0 aromatic carbocycles. The van der Waals surface area contributed by atoms with Gasteiger partial charge in [0.05, 0.1) is 0 Å². The van der Waals surface area contributed by atoms with E-state index < -0.39 is 0 Å². The highest BCUT2D eigenvalue weighted by molar-refractivity contribution is 9.10. The van der Waals surface area contributed by atoms with Crippen molar-refractivity contribution in [3.63, 3.8) is 0 Å². The summed E-state index contributed by atoms with van der Waals surface area (Å²) < 4.78 is 1.03. The summed E-state index contributed by atoms with van der Waals surface area (Å²) >= 11 is 3.39. The first kappa shape index (κ1) is 12.1. The van der Waals surface area contributed by atoms with Crippen LogP contribution in [0.2, 0.25) is 0 Å². The van der Waals surface area contributed by atoms with Crippen LogP contribution in [0.5, 0.6) is 0 Å². The molecule has 16 heavy (non-hydrogen) atoms. The molecule has 0 amide bonds. The van der Waals surface area contributed by atoms with Crippen LogP contribution in [0.3, 0.4) is 0 Å². The Morgan fingerprint density at radius 2 is 2.31 bits per heavy atom. The minimum Gasteiger partial charge on any atom is -0.327 e. The molecule has 3 unspecified atom stereocenters. The second-order valence-electron chi connectivity index (χ2n) is 4.91. The van der Waals surface area contributed by atoms with Crippen molar-refractivity contribution in [3.8, 4) is 0 Å². The Labute approximate surface area is 106 Å². The van der Waals surface area contributed by atoms with Crippen LogP contribution < -0.4 is 5.73 Å². The molecule has 1 aromatic heterocycles. The molecule has 3 atom stereocenters. The lowest BCUT2D eigenvalue weighted by Crippen LogP contribution is -2.33. The standard InChI is InChI=1S/C13H19BrN2/c1-9-3-2-4-12(9)13(15)7-11-6-5-10(14)8-16-11/h5-6,8-9,12-13H,2-4,7,15H2,1H3. The number of rotatable bonds is 3. The Morgan fingerprint density at radius 3 is 2.88 bits per heavy atom. The summed E-state index contributed by atoms with van der Waals surface area (Å²) in [5, 5.41) is 0. The Balaban J connectivity index is 1.96. The maximum atomic E-state index is 6.29. The van der Waals surface area contributed by atoms with Gasteiger partial charge in [0.1, 0.15) is 0 Å². The fourth-order valence-electron chi connectivity index (χ4n) is 2.73. The predicted molar refractivity (Wildman–Crippen MR) is 70.1 cm³/mol. The molecule has 1 aliphatic rings.